The highest BCUT2D eigenvalue weighted by Gasteiger charge is 2.24. The molecule has 0 spiro atoms. The average Bonchev–Trinajstić information content (AvgIpc) is 2.69. The largest absolute Gasteiger partial charge is 0.469 e. The summed E-state index contributed by atoms with van der Waals surface area (Å²) in [4.78, 5) is 0. The molecule has 1 fully saturated rings. The van der Waals surface area contributed by atoms with Crippen LogP contribution >= 0.6 is 0 Å². The molecule has 3 rings (SSSR count). The van der Waals surface area contributed by atoms with Crippen molar-refractivity contribution in [3.05, 3.63) is 23.7 Å². The monoisotopic (exact) mass is 233 g/mol. The maximum Gasteiger partial charge on any atom is 0.108 e. The Kier molecular flexibility index (Phi) is 3.51. The van der Waals surface area contributed by atoms with Crippen LogP contribution in [0.3, 0.4) is 0 Å². The van der Waals surface area contributed by atoms with Gasteiger partial charge in [0.25, 0.3) is 0 Å². The Hall–Kier alpha value is -0.760. The average molecular weight is 233 g/mol. The van der Waals surface area contributed by atoms with Crippen LogP contribution in [0.2, 0.25) is 0 Å². The molecule has 1 saturated carbocycles. The quantitative estimate of drug-likeness (QED) is 0.782. The molecule has 17 heavy (non-hydrogen) atoms. The summed E-state index contributed by atoms with van der Waals surface area (Å²) in [6, 6.07) is 3.46. The highest BCUT2D eigenvalue weighted by atomic mass is 16.3. The molecule has 2 aliphatic rings. The van der Waals surface area contributed by atoms with E-state index in [2.05, 4.69) is 11.4 Å². The van der Waals surface area contributed by atoms with Gasteiger partial charge in [-0.2, -0.15) is 0 Å². The molecular formula is C15H23NO. The first-order valence-corrected chi connectivity index (χ1v) is 7.26. The predicted molar refractivity (Wildman–Crippen MR) is 69.0 cm³/mol. The molecule has 0 aliphatic heterocycles. The smallest absolute Gasteiger partial charge is 0.108 e. The second-order valence-corrected chi connectivity index (χ2v) is 5.60. The zero-order valence-corrected chi connectivity index (χ0v) is 10.6. The predicted octanol–water partition coefficient (Wildman–Crippen LogP) is 3.97. The Balaban J connectivity index is 1.65. The van der Waals surface area contributed by atoms with Gasteiger partial charge in [0.05, 0.1) is 6.26 Å². The van der Waals surface area contributed by atoms with Gasteiger partial charge in [0.2, 0.25) is 0 Å². The van der Waals surface area contributed by atoms with Gasteiger partial charge in [-0.1, -0.05) is 25.7 Å². The molecule has 0 bridgehead atoms. The summed E-state index contributed by atoms with van der Waals surface area (Å²) in [5, 5.41) is 3.88. The summed E-state index contributed by atoms with van der Waals surface area (Å²) in [5.41, 5.74) is 1.43. The standard InChI is InChI=1S/C15H23NO/c1-2-4-7-12(6-3-1)16-14-8-5-9-15-13(14)10-11-17-15/h10-12,14,16H,1-9H2. The van der Waals surface area contributed by atoms with Gasteiger partial charge in [0, 0.05) is 24.1 Å². The number of fused-ring (bicyclic) bond motifs is 1. The summed E-state index contributed by atoms with van der Waals surface area (Å²) in [6.45, 7) is 0. The lowest BCUT2D eigenvalue weighted by molar-refractivity contribution is 0.352. The minimum Gasteiger partial charge on any atom is -0.469 e. The zero-order chi connectivity index (χ0) is 11.5. The number of aryl methyl sites for hydroxylation is 1. The van der Waals surface area contributed by atoms with Crippen molar-refractivity contribution < 1.29 is 4.42 Å². The van der Waals surface area contributed by atoms with E-state index in [-0.39, 0.29) is 0 Å². The molecule has 2 nitrogen and oxygen atoms in total. The second-order valence-electron chi connectivity index (χ2n) is 5.60. The van der Waals surface area contributed by atoms with Crippen LogP contribution in [0, 0.1) is 0 Å². The van der Waals surface area contributed by atoms with Gasteiger partial charge >= 0.3 is 0 Å². The SMILES string of the molecule is c1cc2c(o1)CCCC2NC1CCCCCC1. The second kappa shape index (κ2) is 5.26. The van der Waals surface area contributed by atoms with Gasteiger partial charge in [-0.15, -0.1) is 0 Å². The molecule has 1 atom stereocenters. The van der Waals surface area contributed by atoms with Crippen LogP contribution in [0.5, 0.6) is 0 Å². The maximum absolute atomic E-state index is 5.56. The van der Waals surface area contributed by atoms with E-state index in [9.17, 15) is 0 Å². The highest BCUT2D eigenvalue weighted by Crippen LogP contribution is 2.32. The van der Waals surface area contributed by atoms with Crippen molar-refractivity contribution in [1.82, 2.24) is 5.32 Å². The van der Waals surface area contributed by atoms with Crippen molar-refractivity contribution >= 4 is 0 Å². The number of nitrogens with one attached hydrogen (secondary N) is 1. The van der Waals surface area contributed by atoms with Gasteiger partial charge in [-0.25, -0.2) is 0 Å². The van der Waals surface area contributed by atoms with E-state index in [1.165, 1.54) is 62.7 Å². The van der Waals surface area contributed by atoms with Crippen molar-refractivity contribution in [1.29, 1.82) is 0 Å². The van der Waals surface area contributed by atoms with Crippen molar-refractivity contribution in [3.8, 4) is 0 Å². The molecule has 1 heterocycles. The zero-order valence-electron chi connectivity index (χ0n) is 10.6. The normalized spacial score (nSPS) is 26.5. The Morgan fingerprint density at radius 1 is 1.00 bits per heavy atom. The van der Waals surface area contributed by atoms with E-state index in [1.54, 1.807) is 0 Å². The van der Waals surface area contributed by atoms with Gasteiger partial charge in [-0.05, 0) is 31.7 Å². The highest BCUT2D eigenvalue weighted by molar-refractivity contribution is 5.24. The number of rotatable bonds is 2. The van der Waals surface area contributed by atoms with Crippen molar-refractivity contribution in [2.75, 3.05) is 0 Å². The fraction of sp³-hybridized carbons (Fsp3) is 0.733. The third-order valence-corrected chi connectivity index (χ3v) is 4.34. The Bertz CT molecular complexity index is 350. The molecule has 1 aromatic heterocycles. The van der Waals surface area contributed by atoms with Crippen LogP contribution < -0.4 is 5.32 Å². The first-order chi connectivity index (χ1) is 8.43. The third kappa shape index (κ3) is 2.57. The molecule has 0 amide bonds. The fourth-order valence-corrected chi connectivity index (χ4v) is 3.39. The van der Waals surface area contributed by atoms with E-state index in [0.717, 1.165) is 12.5 Å². The fourth-order valence-electron chi connectivity index (χ4n) is 3.39. The molecule has 94 valence electrons. The molecule has 2 heteroatoms. The van der Waals surface area contributed by atoms with E-state index in [0.29, 0.717) is 6.04 Å². The number of furan rings is 1. The third-order valence-electron chi connectivity index (χ3n) is 4.34. The summed E-state index contributed by atoms with van der Waals surface area (Å²) in [6.07, 6.45) is 13.9. The summed E-state index contributed by atoms with van der Waals surface area (Å²) >= 11 is 0. The van der Waals surface area contributed by atoms with Crippen LogP contribution in [0.15, 0.2) is 16.7 Å². The number of hydrogen-bond donors (Lipinski definition) is 1. The maximum atomic E-state index is 5.56. The van der Waals surface area contributed by atoms with Gasteiger partial charge in [-0.3, -0.25) is 0 Å². The molecule has 0 radical (unpaired) electrons. The van der Waals surface area contributed by atoms with E-state index < -0.39 is 0 Å². The van der Waals surface area contributed by atoms with Crippen molar-refractivity contribution in [2.45, 2.75) is 69.9 Å². The van der Waals surface area contributed by atoms with E-state index in [1.807, 2.05) is 6.26 Å². The van der Waals surface area contributed by atoms with E-state index >= 15 is 0 Å². The lowest BCUT2D eigenvalue weighted by atomic mass is 9.92. The van der Waals surface area contributed by atoms with Crippen LogP contribution in [-0.4, -0.2) is 6.04 Å². The first kappa shape index (κ1) is 11.3. The minimum absolute atomic E-state index is 0.556. The minimum atomic E-state index is 0.556. The molecule has 2 aliphatic carbocycles. The molecule has 1 N–H and O–H groups in total. The van der Waals surface area contributed by atoms with Crippen LogP contribution in [0.25, 0.3) is 0 Å². The van der Waals surface area contributed by atoms with Gasteiger partial charge < -0.3 is 9.73 Å². The van der Waals surface area contributed by atoms with Crippen LogP contribution in [0.4, 0.5) is 0 Å². The van der Waals surface area contributed by atoms with Gasteiger partial charge in [0.1, 0.15) is 5.76 Å². The molecule has 0 saturated heterocycles. The van der Waals surface area contributed by atoms with Crippen molar-refractivity contribution in [2.24, 2.45) is 0 Å². The molecule has 1 aromatic rings. The molecular weight excluding hydrogens is 210 g/mol. The molecule has 0 aromatic carbocycles. The van der Waals surface area contributed by atoms with Crippen LogP contribution in [-0.2, 0) is 6.42 Å². The Labute approximate surface area is 104 Å². The summed E-state index contributed by atoms with van der Waals surface area (Å²) in [7, 11) is 0. The Morgan fingerprint density at radius 2 is 1.82 bits per heavy atom. The van der Waals surface area contributed by atoms with Crippen LogP contribution in [0.1, 0.15) is 68.7 Å². The summed E-state index contributed by atoms with van der Waals surface area (Å²) < 4.78 is 5.56. The lowest BCUT2D eigenvalue weighted by Gasteiger charge is -2.27. The first-order valence-electron chi connectivity index (χ1n) is 7.26. The lowest BCUT2D eigenvalue weighted by Crippen LogP contribution is -2.34. The number of hydrogen-bond acceptors (Lipinski definition) is 2. The van der Waals surface area contributed by atoms with Gasteiger partial charge in [0.15, 0.2) is 0 Å². The summed E-state index contributed by atoms with van der Waals surface area (Å²) in [5.74, 6) is 1.22. The molecule has 1 unspecified atom stereocenters. The Morgan fingerprint density at radius 3 is 2.65 bits per heavy atom. The van der Waals surface area contributed by atoms with Crippen molar-refractivity contribution in [3.63, 3.8) is 0 Å². The van der Waals surface area contributed by atoms with E-state index in [4.69, 9.17) is 4.42 Å². The topological polar surface area (TPSA) is 25.2 Å².